The van der Waals surface area contributed by atoms with Crippen LogP contribution >= 0.6 is 0 Å². The van der Waals surface area contributed by atoms with Crippen LogP contribution in [0.3, 0.4) is 0 Å². The Bertz CT molecular complexity index is 498. The first-order valence-electron chi connectivity index (χ1n) is 5.42. The largest absolute Gasteiger partial charge is 0.402 e. The predicted molar refractivity (Wildman–Crippen MR) is 68.6 cm³/mol. The Morgan fingerprint density at radius 3 is 2.65 bits per heavy atom. The van der Waals surface area contributed by atoms with Crippen molar-refractivity contribution >= 4 is 12.0 Å². The molecule has 0 aliphatic heterocycles. The number of nitrogens with one attached hydrogen (secondary N) is 1. The van der Waals surface area contributed by atoms with Crippen LogP contribution in [-0.4, -0.2) is 6.41 Å². The minimum Gasteiger partial charge on any atom is -0.402 e. The Morgan fingerprint density at radius 1 is 1.18 bits per heavy atom. The minimum absolute atomic E-state index is 0.561. The minimum atomic E-state index is 0.561. The van der Waals surface area contributed by atoms with E-state index in [9.17, 15) is 4.79 Å². The van der Waals surface area contributed by atoms with Crippen LogP contribution in [-0.2, 0) is 4.79 Å². The van der Waals surface area contributed by atoms with Crippen molar-refractivity contribution in [2.45, 2.75) is 6.42 Å². The Labute approximate surface area is 100 Å². The summed E-state index contributed by atoms with van der Waals surface area (Å²) in [6, 6.07) is 9.98. The number of rotatable bonds is 3. The van der Waals surface area contributed by atoms with Gasteiger partial charge in [0.15, 0.2) is 0 Å². The molecule has 1 aromatic carbocycles. The third-order valence-electron chi connectivity index (χ3n) is 2.55. The van der Waals surface area contributed by atoms with Gasteiger partial charge in [0.2, 0.25) is 6.41 Å². The molecule has 3 heteroatoms. The number of hydrogen-bond acceptors (Lipinski definition) is 2. The average molecular weight is 226 g/mol. The number of allylic oxidation sites excluding steroid dienone is 4. The molecule has 2 rings (SSSR count). The van der Waals surface area contributed by atoms with Crippen molar-refractivity contribution in [3.05, 3.63) is 65.5 Å². The number of carbonyl (C=O) groups excluding carboxylic acids is 1. The molecule has 0 saturated heterocycles. The third-order valence-corrected chi connectivity index (χ3v) is 2.55. The van der Waals surface area contributed by atoms with Gasteiger partial charge in [-0.3, -0.25) is 4.79 Å². The summed E-state index contributed by atoms with van der Waals surface area (Å²) in [7, 11) is 0. The summed E-state index contributed by atoms with van der Waals surface area (Å²) in [6.45, 7) is 0. The van der Waals surface area contributed by atoms with Gasteiger partial charge in [-0.2, -0.15) is 0 Å². The van der Waals surface area contributed by atoms with Crippen molar-refractivity contribution in [3.63, 3.8) is 0 Å². The standard InChI is InChI=1S/C14H14N2O/c15-13-7-6-12(8-14(9-13)16-10-17)11-4-2-1-3-5-11/h1-8,10H,9,15H2,(H,16,17). The van der Waals surface area contributed by atoms with Crippen LogP contribution in [0.4, 0.5) is 0 Å². The van der Waals surface area contributed by atoms with Gasteiger partial charge in [0.1, 0.15) is 0 Å². The van der Waals surface area contributed by atoms with Crippen molar-refractivity contribution in [2.75, 3.05) is 0 Å². The molecule has 1 aromatic rings. The second kappa shape index (κ2) is 5.16. The normalized spacial score (nSPS) is 15.2. The first kappa shape index (κ1) is 11.2. The topological polar surface area (TPSA) is 55.1 Å². The molecule has 17 heavy (non-hydrogen) atoms. The lowest BCUT2D eigenvalue weighted by Crippen LogP contribution is -2.12. The van der Waals surface area contributed by atoms with Crippen molar-refractivity contribution in [1.82, 2.24) is 5.32 Å². The van der Waals surface area contributed by atoms with Crippen LogP contribution in [0.25, 0.3) is 5.57 Å². The van der Waals surface area contributed by atoms with Crippen LogP contribution < -0.4 is 11.1 Å². The first-order valence-corrected chi connectivity index (χ1v) is 5.42. The number of benzene rings is 1. The maximum atomic E-state index is 10.5. The number of carbonyl (C=O) groups is 1. The molecule has 0 heterocycles. The summed E-state index contributed by atoms with van der Waals surface area (Å²) in [5.41, 5.74) is 9.49. The second-order valence-corrected chi connectivity index (χ2v) is 3.84. The lowest BCUT2D eigenvalue weighted by molar-refractivity contribution is -0.108. The van der Waals surface area contributed by atoms with E-state index in [4.69, 9.17) is 5.73 Å². The zero-order valence-corrected chi connectivity index (χ0v) is 9.39. The van der Waals surface area contributed by atoms with E-state index in [1.165, 1.54) is 0 Å². The maximum Gasteiger partial charge on any atom is 0.211 e. The molecule has 3 nitrogen and oxygen atoms in total. The predicted octanol–water partition coefficient (Wildman–Crippen LogP) is 1.95. The molecule has 3 N–H and O–H groups in total. The fourth-order valence-electron chi connectivity index (χ4n) is 1.74. The zero-order chi connectivity index (χ0) is 12.1. The zero-order valence-electron chi connectivity index (χ0n) is 9.39. The van der Waals surface area contributed by atoms with Gasteiger partial charge in [-0.25, -0.2) is 0 Å². The Hall–Kier alpha value is -2.29. The van der Waals surface area contributed by atoms with Gasteiger partial charge in [0, 0.05) is 17.8 Å². The molecule has 1 amide bonds. The van der Waals surface area contributed by atoms with Crippen molar-refractivity contribution in [3.8, 4) is 0 Å². The van der Waals surface area contributed by atoms with Gasteiger partial charge in [0.25, 0.3) is 0 Å². The van der Waals surface area contributed by atoms with Gasteiger partial charge >= 0.3 is 0 Å². The van der Waals surface area contributed by atoms with E-state index in [0.717, 1.165) is 22.5 Å². The molecule has 0 radical (unpaired) electrons. The smallest absolute Gasteiger partial charge is 0.211 e. The van der Waals surface area contributed by atoms with Gasteiger partial charge in [-0.05, 0) is 23.3 Å². The molecule has 1 aliphatic rings. The van der Waals surface area contributed by atoms with E-state index in [2.05, 4.69) is 5.32 Å². The highest BCUT2D eigenvalue weighted by atomic mass is 16.1. The van der Waals surface area contributed by atoms with Crippen LogP contribution in [0.5, 0.6) is 0 Å². The lowest BCUT2D eigenvalue weighted by atomic mass is 10.1. The number of hydrogen-bond donors (Lipinski definition) is 2. The van der Waals surface area contributed by atoms with Crippen molar-refractivity contribution in [2.24, 2.45) is 5.73 Å². The van der Waals surface area contributed by atoms with Gasteiger partial charge < -0.3 is 11.1 Å². The SMILES string of the molecule is NC1=CC=C(c2ccccc2)C=C(NC=O)C1. The molecular formula is C14H14N2O. The average Bonchev–Trinajstić information content (AvgIpc) is 2.53. The molecule has 0 atom stereocenters. The summed E-state index contributed by atoms with van der Waals surface area (Å²) in [4.78, 5) is 10.5. The summed E-state index contributed by atoms with van der Waals surface area (Å²) in [6.07, 6.45) is 7.02. The highest BCUT2D eigenvalue weighted by Gasteiger charge is 2.05. The van der Waals surface area contributed by atoms with Crippen LogP contribution in [0.1, 0.15) is 12.0 Å². The molecule has 0 unspecified atom stereocenters. The highest BCUT2D eigenvalue weighted by molar-refractivity contribution is 5.77. The summed E-state index contributed by atoms with van der Waals surface area (Å²) in [5, 5.41) is 2.67. The quantitative estimate of drug-likeness (QED) is 0.774. The van der Waals surface area contributed by atoms with Crippen molar-refractivity contribution in [1.29, 1.82) is 0 Å². The van der Waals surface area contributed by atoms with E-state index in [-0.39, 0.29) is 0 Å². The van der Waals surface area contributed by atoms with Gasteiger partial charge in [-0.1, -0.05) is 36.4 Å². The van der Waals surface area contributed by atoms with Gasteiger partial charge in [0.05, 0.1) is 0 Å². The Balaban J connectivity index is 2.38. The van der Waals surface area contributed by atoms with E-state index in [1.54, 1.807) is 0 Å². The Kier molecular flexibility index (Phi) is 3.40. The highest BCUT2D eigenvalue weighted by Crippen LogP contribution is 2.21. The molecule has 86 valence electrons. The molecule has 0 bridgehead atoms. The van der Waals surface area contributed by atoms with Crippen LogP contribution in [0.2, 0.25) is 0 Å². The Morgan fingerprint density at radius 2 is 1.94 bits per heavy atom. The second-order valence-electron chi connectivity index (χ2n) is 3.84. The molecule has 0 saturated carbocycles. The van der Waals surface area contributed by atoms with Gasteiger partial charge in [-0.15, -0.1) is 0 Å². The lowest BCUT2D eigenvalue weighted by Gasteiger charge is -2.05. The molecule has 1 aliphatic carbocycles. The fraction of sp³-hybridized carbons (Fsp3) is 0.0714. The molecule has 0 fully saturated rings. The monoisotopic (exact) mass is 226 g/mol. The van der Waals surface area contributed by atoms with E-state index in [0.29, 0.717) is 12.8 Å². The van der Waals surface area contributed by atoms with Crippen LogP contribution in [0.15, 0.2) is 60.0 Å². The van der Waals surface area contributed by atoms with E-state index >= 15 is 0 Å². The summed E-state index contributed by atoms with van der Waals surface area (Å²) >= 11 is 0. The third kappa shape index (κ3) is 2.84. The fourth-order valence-corrected chi connectivity index (χ4v) is 1.74. The maximum absolute atomic E-state index is 10.5. The van der Waals surface area contributed by atoms with Crippen LogP contribution in [0, 0.1) is 0 Å². The number of nitrogens with two attached hydrogens (primary N) is 1. The summed E-state index contributed by atoms with van der Waals surface area (Å²) in [5.74, 6) is 0. The van der Waals surface area contributed by atoms with E-state index in [1.807, 2.05) is 48.6 Å². The number of amides is 1. The molecule has 0 aromatic heterocycles. The van der Waals surface area contributed by atoms with Crippen molar-refractivity contribution < 1.29 is 4.79 Å². The van der Waals surface area contributed by atoms with E-state index < -0.39 is 0 Å². The summed E-state index contributed by atoms with van der Waals surface area (Å²) < 4.78 is 0. The molecular weight excluding hydrogens is 212 g/mol. The first-order chi connectivity index (χ1) is 8.29. The molecule has 0 spiro atoms.